The van der Waals surface area contributed by atoms with Gasteiger partial charge in [-0.3, -0.25) is 0 Å². The maximum atomic E-state index is 10.6. The summed E-state index contributed by atoms with van der Waals surface area (Å²) in [7, 11) is 0. The molecule has 1 aliphatic heterocycles. The molecule has 2 rings (SSSR count). The zero-order chi connectivity index (χ0) is 9.31. The van der Waals surface area contributed by atoms with Crippen LogP contribution in [0.4, 0.5) is 4.79 Å². The van der Waals surface area contributed by atoms with Gasteiger partial charge < -0.3 is 15.7 Å². The molecule has 0 spiro atoms. The highest BCUT2D eigenvalue weighted by Crippen LogP contribution is 2.40. The lowest BCUT2D eigenvalue weighted by Gasteiger charge is -2.46. The Balaban J connectivity index is 2.01. The van der Waals surface area contributed by atoms with E-state index >= 15 is 0 Å². The molecule has 2 aliphatic rings. The van der Waals surface area contributed by atoms with Crippen LogP contribution in [0.25, 0.3) is 0 Å². The number of amides is 1. The normalized spacial score (nSPS) is 30.9. The number of hydrogen-bond acceptors (Lipinski definition) is 2. The molecule has 1 atom stereocenters. The van der Waals surface area contributed by atoms with Crippen LogP contribution in [-0.2, 0) is 0 Å². The van der Waals surface area contributed by atoms with Crippen molar-refractivity contribution < 1.29 is 9.90 Å². The molecule has 1 amide bonds. The minimum absolute atomic E-state index is 0.0880. The summed E-state index contributed by atoms with van der Waals surface area (Å²) in [6.07, 6.45) is 3.44. The molecule has 1 heterocycles. The van der Waals surface area contributed by atoms with Gasteiger partial charge in [0, 0.05) is 12.1 Å². The molecule has 74 valence electrons. The summed E-state index contributed by atoms with van der Waals surface area (Å²) in [5.41, 5.74) is -0.0880. The van der Waals surface area contributed by atoms with Gasteiger partial charge in [-0.05, 0) is 38.1 Å². The summed E-state index contributed by atoms with van der Waals surface area (Å²) in [5.74, 6) is 0.511. The van der Waals surface area contributed by atoms with Crippen LogP contribution >= 0.6 is 0 Å². The van der Waals surface area contributed by atoms with E-state index in [1.165, 1.54) is 0 Å². The lowest BCUT2D eigenvalue weighted by molar-refractivity contribution is 0.102. The maximum Gasteiger partial charge on any atom is 0.405 e. The Kier molecular flexibility index (Phi) is 2.15. The van der Waals surface area contributed by atoms with E-state index in [0.29, 0.717) is 5.92 Å². The van der Waals surface area contributed by atoms with Crippen LogP contribution in [0.3, 0.4) is 0 Å². The van der Waals surface area contributed by atoms with Crippen molar-refractivity contribution in [3.8, 4) is 0 Å². The fourth-order valence-electron chi connectivity index (χ4n) is 2.53. The Hall–Kier alpha value is -0.770. The number of carboxylic acid groups (broad SMARTS) is 1. The number of hydrogen-bond donors (Lipinski definition) is 3. The van der Waals surface area contributed by atoms with Gasteiger partial charge in [-0.25, -0.2) is 4.79 Å². The second-order valence-electron chi connectivity index (χ2n) is 4.13. The van der Waals surface area contributed by atoms with Crippen LogP contribution in [0.1, 0.15) is 25.7 Å². The van der Waals surface area contributed by atoms with Gasteiger partial charge in [0.2, 0.25) is 0 Å². The number of carbonyl (C=O) groups is 1. The van der Waals surface area contributed by atoms with Gasteiger partial charge in [0.05, 0.1) is 0 Å². The lowest BCUT2D eigenvalue weighted by atomic mass is 9.68. The molecule has 0 aromatic heterocycles. The van der Waals surface area contributed by atoms with Crippen molar-refractivity contribution in [2.75, 3.05) is 13.1 Å². The second kappa shape index (κ2) is 3.18. The van der Waals surface area contributed by atoms with Crippen molar-refractivity contribution in [1.29, 1.82) is 0 Å². The monoisotopic (exact) mass is 184 g/mol. The maximum absolute atomic E-state index is 10.6. The second-order valence-corrected chi connectivity index (χ2v) is 4.13. The van der Waals surface area contributed by atoms with Gasteiger partial charge in [0.15, 0.2) is 0 Å². The Labute approximate surface area is 77.7 Å². The summed E-state index contributed by atoms with van der Waals surface area (Å²) in [6, 6.07) is 0. The van der Waals surface area contributed by atoms with Crippen molar-refractivity contribution in [2.45, 2.75) is 31.2 Å². The highest BCUT2D eigenvalue weighted by Gasteiger charge is 2.45. The van der Waals surface area contributed by atoms with E-state index in [1.807, 2.05) is 0 Å². The summed E-state index contributed by atoms with van der Waals surface area (Å²) in [6.45, 7) is 2.01. The van der Waals surface area contributed by atoms with Crippen LogP contribution in [-0.4, -0.2) is 29.8 Å². The van der Waals surface area contributed by atoms with E-state index in [2.05, 4.69) is 10.6 Å². The zero-order valence-corrected chi connectivity index (χ0v) is 7.68. The molecular weight excluding hydrogens is 168 g/mol. The highest BCUT2D eigenvalue weighted by molar-refractivity contribution is 5.66. The van der Waals surface area contributed by atoms with E-state index < -0.39 is 6.09 Å². The summed E-state index contributed by atoms with van der Waals surface area (Å²) < 4.78 is 0. The molecule has 2 fully saturated rings. The number of nitrogens with one attached hydrogen (secondary N) is 2. The molecule has 0 aromatic rings. The molecule has 4 nitrogen and oxygen atoms in total. The molecule has 1 unspecified atom stereocenters. The van der Waals surface area contributed by atoms with E-state index in [9.17, 15) is 4.79 Å². The Bertz CT molecular complexity index is 208. The molecule has 1 saturated carbocycles. The topological polar surface area (TPSA) is 61.4 Å². The zero-order valence-electron chi connectivity index (χ0n) is 7.68. The van der Waals surface area contributed by atoms with Crippen LogP contribution in [0.2, 0.25) is 0 Å². The predicted molar refractivity (Wildman–Crippen MR) is 48.7 cm³/mol. The molecule has 13 heavy (non-hydrogen) atoms. The van der Waals surface area contributed by atoms with E-state index in [0.717, 1.165) is 38.8 Å². The molecule has 3 N–H and O–H groups in total. The van der Waals surface area contributed by atoms with Crippen molar-refractivity contribution in [2.24, 2.45) is 5.92 Å². The first-order valence-corrected chi connectivity index (χ1v) is 4.95. The van der Waals surface area contributed by atoms with E-state index in [1.54, 1.807) is 0 Å². The van der Waals surface area contributed by atoms with Crippen LogP contribution in [0.15, 0.2) is 0 Å². The minimum atomic E-state index is -0.869. The third kappa shape index (κ3) is 1.50. The van der Waals surface area contributed by atoms with Gasteiger partial charge in [-0.15, -0.1) is 0 Å². The first-order valence-electron chi connectivity index (χ1n) is 4.95. The quantitative estimate of drug-likeness (QED) is 0.594. The lowest BCUT2D eigenvalue weighted by Crippen LogP contribution is -2.58. The fraction of sp³-hybridized carbons (Fsp3) is 0.889. The Morgan fingerprint density at radius 2 is 2.31 bits per heavy atom. The smallest absolute Gasteiger partial charge is 0.405 e. The average molecular weight is 184 g/mol. The van der Waals surface area contributed by atoms with Gasteiger partial charge in [-0.2, -0.15) is 0 Å². The summed E-state index contributed by atoms with van der Waals surface area (Å²) in [5, 5.41) is 14.7. The molecule has 4 heteroatoms. The molecule has 0 radical (unpaired) electrons. The van der Waals surface area contributed by atoms with Crippen molar-refractivity contribution in [1.82, 2.24) is 10.6 Å². The molecule has 0 bridgehead atoms. The summed E-state index contributed by atoms with van der Waals surface area (Å²) in [4.78, 5) is 10.6. The van der Waals surface area contributed by atoms with Crippen molar-refractivity contribution >= 4 is 6.09 Å². The molecule has 1 saturated heterocycles. The van der Waals surface area contributed by atoms with Crippen LogP contribution in [0, 0.1) is 5.92 Å². The highest BCUT2D eigenvalue weighted by atomic mass is 16.4. The molecule has 0 aromatic carbocycles. The average Bonchev–Trinajstić information content (AvgIpc) is 2.48. The van der Waals surface area contributed by atoms with E-state index in [4.69, 9.17) is 5.11 Å². The standard InChI is InChI=1S/C9H16N2O2/c12-8(13)11-9(3-1-4-9)7-2-5-10-6-7/h7,10-11H,1-6H2,(H,12,13). The van der Waals surface area contributed by atoms with Crippen molar-refractivity contribution in [3.63, 3.8) is 0 Å². The van der Waals surface area contributed by atoms with Crippen molar-refractivity contribution in [3.05, 3.63) is 0 Å². The fourth-order valence-corrected chi connectivity index (χ4v) is 2.53. The largest absolute Gasteiger partial charge is 0.465 e. The predicted octanol–water partition coefficient (Wildman–Crippen LogP) is 0.786. The summed E-state index contributed by atoms with van der Waals surface area (Å²) >= 11 is 0. The van der Waals surface area contributed by atoms with Crippen LogP contribution in [0.5, 0.6) is 0 Å². The van der Waals surface area contributed by atoms with Gasteiger partial charge >= 0.3 is 6.09 Å². The SMILES string of the molecule is O=C(O)NC1(C2CCNC2)CCC1. The number of rotatable bonds is 2. The van der Waals surface area contributed by atoms with Crippen LogP contribution < -0.4 is 10.6 Å². The first kappa shape index (κ1) is 8.81. The first-order chi connectivity index (χ1) is 6.23. The Morgan fingerprint density at radius 3 is 2.69 bits per heavy atom. The Morgan fingerprint density at radius 1 is 1.54 bits per heavy atom. The van der Waals surface area contributed by atoms with E-state index in [-0.39, 0.29) is 5.54 Å². The third-order valence-electron chi connectivity index (χ3n) is 3.44. The van der Waals surface area contributed by atoms with Gasteiger partial charge in [-0.1, -0.05) is 0 Å². The van der Waals surface area contributed by atoms with Gasteiger partial charge in [0.1, 0.15) is 0 Å². The molecular formula is C9H16N2O2. The third-order valence-corrected chi connectivity index (χ3v) is 3.44. The minimum Gasteiger partial charge on any atom is -0.465 e. The van der Waals surface area contributed by atoms with Gasteiger partial charge in [0.25, 0.3) is 0 Å². The molecule has 1 aliphatic carbocycles.